The van der Waals surface area contributed by atoms with E-state index in [9.17, 15) is 9.59 Å². The van der Waals surface area contributed by atoms with Gasteiger partial charge in [0, 0.05) is 25.3 Å². The van der Waals surface area contributed by atoms with Gasteiger partial charge in [-0.15, -0.1) is 0 Å². The standard InChI is InChI=1S/C27H33N3O2/c31-25(30-16-13-27(14-17-30)12-11-20-6-1-3-9-23(20)27)18-21-7-2-4-10-24(21)29-26(32)22-8-5-15-28-19-22/h1-4,6-7,9-10,22,28H,5,8,11-19H2,(H,29,32). The minimum Gasteiger partial charge on any atom is -0.342 e. The van der Waals surface area contributed by atoms with Crippen LogP contribution in [0.5, 0.6) is 0 Å². The largest absolute Gasteiger partial charge is 0.342 e. The summed E-state index contributed by atoms with van der Waals surface area (Å²) in [7, 11) is 0. The zero-order valence-electron chi connectivity index (χ0n) is 18.7. The van der Waals surface area contributed by atoms with Crippen molar-refractivity contribution in [2.75, 3.05) is 31.5 Å². The van der Waals surface area contributed by atoms with Gasteiger partial charge in [-0.3, -0.25) is 9.59 Å². The molecule has 5 rings (SSSR count). The SMILES string of the molecule is O=C(Nc1ccccc1CC(=O)N1CCC2(CCc3ccccc32)CC1)C1CCCNC1. The van der Waals surface area contributed by atoms with Gasteiger partial charge >= 0.3 is 0 Å². The third-order valence-electron chi connectivity index (χ3n) is 7.82. The molecular formula is C27H33N3O2. The predicted octanol–water partition coefficient (Wildman–Crippen LogP) is 3.67. The second kappa shape index (κ2) is 9.07. The molecule has 2 aromatic rings. The lowest BCUT2D eigenvalue weighted by molar-refractivity contribution is -0.132. The maximum Gasteiger partial charge on any atom is 0.228 e. The predicted molar refractivity (Wildman–Crippen MR) is 127 cm³/mol. The Bertz CT molecular complexity index is 988. The van der Waals surface area contributed by atoms with Crippen LogP contribution in [0.15, 0.2) is 48.5 Å². The fourth-order valence-electron chi connectivity index (χ4n) is 5.85. The van der Waals surface area contributed by atoms with E-state index in [4.69, 9.17) is 0 Å². The lowest BCUT2D eigenvalue weighted by Gasteiger charge is -2.40. The number of anilines is 1. The van der Waals surface area contributed by atoms with Crippen molar-refractivity contribution in [2.24, 2.45) is 5.92 Å². The van der Waals surface area contributed by atoms with Gasteiger partial charge in [0.2, 0.25) is 11.8 Å². The summed E-state index contributed by atoms with van der Waals surface area (Å²) < 4.78 is 0. The van der Waals surface area contributed by atoms with Crippen LogP contribution in [0, 0.1) is 5.92 Å². The molecule has 1 atom stereocenters. The van der Waals surface area contributed by atoms with E-state index in [1.807, 2.05) is 29.2 Å². The van der Waals surface area contributed by atoms with Crippen molar-refractivity contribution in [1.82, 2.24) is 10.2 Å². The van der Waals surface area contributed by atoms with E-state index in [0.29, 0.717) is 6.42 Å². The van der Waals surface area contributed by atoms with E-state index in [-0.39, 0.29) is 23.1 Å². The molecule has 5 heteroatoms. The Morgan fingerprint density at radius 1 is 1.03 bits per heavy atom. The number of nitrogens with zero attached hydrogens (tertiary/aromatic N) is 1. The van der Waals surface area contributed by atoms with E-state index in [1.54, 1.807) is 0 Å². The van der Waals surface area contributed by atoms with Gasteiger partial charge in [0.15, 0.2) is 0 Å². The van der Waals surface area contributed by atoms with Gasteiger partial charge in [0.05, 0.1) is 12.3 Å². The number of rotatable bonds is 4. The first kappa shape index (κ1) is 21.2. The number of carbonyl (C=O) groups excluding carboxylic acids is 2. The number of fused-ring (bicyclic) bond motifs is 2. The van der Waals surface area contributed by atoms with Crippen LogP contribution in [0.25, 0.3) is 0 Å². The Kier molecular flexibility index (Phi) is 6.01. The average molecular weight is 432 g/mol. The van der Waals surface area contributed by atoms with E-state index >= 15 is 0 Å². The first-order valence-electron chi connectivity index (χ1n) is 12.1. The summed E-state index contributed by atoms with van der Waals surface area (Å²) in [6, 6.07) is 16.6. The molecule has 168 valence electrons. The third-order valence-corrected chi connectivity index (χ3v) is 7.82. The Hall–Kier alpha value is -2.66. The highest BCUT2D eigenvalue weighted by Crippen LogP contribution is 2.46. The van der Waals surface area contributed by atoms with E-state index in [1.165, 1.54) is 17.5 Å². The number of para-hydroxylation sites is 1. The topological polar surface area (TPSA) is 61.4 Å². The van der Waals surface area contributed by atoms with Gasteiger partial charge in [0.25, 0.3) is 0 Å². The number of hydrogen-bond donors (Lipinski definition) is 2. The second-order valence-corrected chi connectivity index (χ2v) is 9.68. The van der Waals surface area contributed by atoms with Crippen LogP contribution in [0.3, 0.4) is 0 Å². The van der Waals surface area contributed by atoms with E-state index in [0.717, 1.165) is 69.5 Å². The zero-order chi connectivity index (χ0) is 22.0. The summed E-state index contributed by atoms with van der Waals surface area (Å²) in [4.78, 5) is 27.9. The van der Waals surface area contributed by atoms with Crippen molar-refractivity contribution >= 4 is 17.5 Å². The Morgan fingerprint density at radius 3 is 2.62 bits per heavy atom. The van der Waals surface area contributed by atoms with Crippen molar-refractivity contribution in [3.05, 3.63) is 65.2 Å². The normalized spacial score (nSPS) is 21.9. The minimum absolute atomic E-state index is 0.0000750. The summed E-state index contributed by atoms with van der Waals surface area (Å²) in [6.45, 7) is 3.34. The number of likely N-dealkylation sites (tertiary alicyclic amines) is 1. The third kappa shape index (κ3) is 4.18. The molecule has 2 amide bonds. The summed E-state index contributed by atoms with van der Waals surface area (Å²) in [5.41, 5.74) is 4.94. The van der Waals surface area contributed by atoms with Crippen LogP contribution in [0.1, 0.15) is 48.8 Å². The molecule has 2 heterocycles. The molecule has 5 nitrogen and oxygen atoms in total. The summed E-state index contributed by atoms with van der Waals surface area (Å²) in [5.74, 6) is 0.212. The average Bonchev–Trinajstić information content (AvgIpc) is 3.19. The first-order chi connectivity index (χ1) is 15.6. The number of carbonyl (C=O) groups is 2. The number of piperidine rings is 2. The zero-order valence-corrected chi connectivity index (χ0v) is 18.7. The maximum atomic E-state index is 13.2. The number of aryl methyl sites for hydroxylation is 1. The molecule has 1 spiro atoms. The maximum absolute atomic E-state index is 13.2. The molecule has 32 heavy (non-hydrogen) atoms. The van der Waals surface area contributed by atoms with Crippen LogP contribution in [0.4, 0.5) is 5.69 Å². The lowest BCUT2D eigenvalue weighted by Crippen LogP contribution is -2.45. The minimum atomic E-state index is 0.0000750. The van der Waals surface area contributed by atoms with Gasteiger partial charge in [-0.2, -0.15) is 0 Å². The lowest BCUT2D eigenvalue weighted by atomic mass is 9.74. The number of amides is 2. The molecule has 1 unspecified atom stereocenters. The van der Waals surface area contributed by atoms with Crippen molar-refractivity contribution < 1.29 is 9.59 Å². The number of hydrogen-bond acceptors (Lipinski definition) is 3. The molecule has 0 bridgehead atoms. The van der Waals surface area contributed by atoms with E-state index in [2.05, 4.69) is 34.9 Å². The Balaban J connectivity index is 1.21. The van der Waals surface area contributed by atoms with Gasteiger partial charge in [-0.1, -0.05) is 42.5 Å². The molecule has 2 fully saturated rings. The smallest absolute Gasteiger partial charge is 0.228 e. The highest BCUT2D eigenvalue weighted by molar-refractivity contribution is 5.94. The quantitative estimate of drug-likeness (QED) is 0.777. The molecule has 0 saturated carbocycles. The number of nitrogens with one attached hydrogen (secondary N) is 2. The monoisotopic (exact) mass is 431 g/mol. The van der Waals surface area contributed by atoms with Crippen LogP contribution < -0.4 is 10.6 Å². The fourth-order valence-corrected chi connectivity index (χ4v) is 5.85. The Morgan fingerprint density at radius 2 is 1.81 bits per heavy atom. The Labute approximate surface area is 190 Å². The van der Waals surface area contributed by atoms with Crippen molar-refractivity contribution in [1.29, 1.82) is 0 Å². The second-order valence-electron chi connectivity index (χ2n) is 9.68. The molecule has 0 radical (unpaired) electrons. The van der Waals surface area contributed by atoms with Crippen molar-refractivity contribution in [2.45, 2.75) is 50.4 Å². The molecule has 2 aliphatic heterocycles. The van der Waals surface area contributed by atoms with Crippen molar-refractivity contribution in [3.63, 3.8) is 0 Å². The van der Waals surface area contributed by atoms with Crippen molar-refractivity contribution in [3.8, 4) is 0 Å². The highest BCUT2D eigenvalue weighted by atomic mass is 16.2. The molecule has 2 saturated heterocycles. The molecule has 1 aliphatic carbocycles. The summed E-state index contributed by atoms with van der Waals surface area (Å²) >= 11 is 0. The van der Waals surface area contributed by atoms with Crippen LogP contribution >= 0.6 is 0 Å². The van der Waals surface area contributed by atoms with Gasteiger partial charge < -0.3 is 15.5 Å². The molecule has 0 aromatic heterocycles. The summed E-state index contributed by atoms with van der Waals surface area (Å²) in [5, 5.41) is 6.39. The van der Waals surface area contributed by atoms with Gasteiger partial charge in [-0.05, 0) is 73.2 Å². The van der Waals surface area contributed by atoms with Crippen LogP contribution in [-0.2, 0) is 27.8 Å². The van der Waals surface area contributed by atoms with Gasteiger partial charge in [-0.25, -0.2) is 0 Å². The summed E-state index contributed by atoms with van der Waals surface area (Å²) in [6.07, 6.45) is 6.74. The van der Waals surface area contributed by atoms with Crippen LogP contribution in [-0.4, -0.2) is 42.9 Å². The first-order valence-corrected chi connectivity index (χ1v) is 12.1. The molecular weight excluding hydrogens is 398 g/mol. The van der Waals surface area contributed by atoms with E-state index < -0.39 is 0 Å². The highest BCUT2D eigenvalue weighted by Gasteiger charge is 2.41. The molecule has 2 N–H and O–H groups in total. The number of benzene rings is 2. The fraction of sp³-hybridized carbons (Fsp3) is 0.481. The van der Waals surface area contributed by atoms with Gasteiger partial charge in [0.1, 0.15) is 0 Å². The molecule has 2 aromatic carbocycles. The molecule has 3 aliphatic rings. The van der Waals surface area contributed by atoms with Crippen LogP contribution in [0.2, 0.25) is 0 Å².